The summed E-state index contributed by atoms with van der Waals surface area (Å²) in [6.07, 6.45) is 2.69. The maximum absolute atomic E-state index is 10.8. The molecular formula is C23H14N2O2. The van der Waals surface area contributed by atoms with Crippen LogP contribution in [0.4, 0.5) is 0 Å². The molecule has 0 saturated carbocycles. The SMILES string of the molecule is O=C(O)/C=C/c1ccc2nc3c4ccccc4c4ccccc4c3nc2c1. The molecule has 0 aliphatic rings. The molecule has 0 amide bonds. The zero-order valence-corrected chi connectivity index (χ0v) is 14.3. The Kier molecular flexibility index (Phi) is 3.37. The summed E-state index contributed by atoms with van der Waals surface area (Å²) < 4.78 is 0. The molecule has 4 nitrogen and oxygen atoms in total. The van der Waals surface area contributed by atoms with Gasteiger partial charge in [-0.15, -0.1) is 0 Å². The second-order valence-corrected chi connectivity index (χ2v) is 6.43. The summed E-state index contributed by atoms with van der Waals surface area (Å²) in [5.41, 5.74) is 4.05. The van der Waals surface area contributed by atoms with Crippen LogP contribution in [0.5, 0.6) is 0 Å². The van der Waals surface area contributed by atoms with Crippen LogP contribution in [0.15, 0.2) is 72.8 Å². The number of hydrogen-bond acceptors (Lipinski definition) is 3. The number of carboxylic acids is 1. The molecule has 0 aliphatic carbocycles. The van der Waals surface area contributed by atoms with E-state index in [-0.39, 0.29) is 0 Å². The van der Waals surface area contributed by atoms with Crippen molar-refractivity contribution in [2.45, 2.75) is 0 Å². The number of carbonyl (C=O) groups is 1. The van der Waals surface area contributed by atoms with Gasteiger partial charge in [0.05, 0.1) is 22.1 Å². The first kappa shape index (κ1) is 15.5. The highest BCUT2D eigenvalue weighted by molar-refractivity contribution is 6.23. The smallest absolute Gasteiger partial charge is 0.328 e. The lowest BCUT2D eigenvalue weighted by atomic mass is 9.99. The molecule has 27 heavy (non-hydrogen) atoms. The third kappa shape index (κ3) is 2.50. The number of hydrogen-bond donors (Lipinski definition) is 1. The van der Waals surface area contributed by atoms with Gasteiger partial charge in [0.15, 0.2) is 0 Å². The largest absolute Gasteiger partial charge is 0.478 e. The van der Waals surface area contributed by atoms with Gasteiger partial charge >= 0.3 is 5.97 Å². The van der Waals surface area contributed by atoms with Crippen LogP contribution in [0, 0.1) is 0 Å². The molecule has 128 valence electrons. The number of nitrogens with zero attached hydrogens (tertiary/aromatic N) is 2. The highest BCUT2D eigenvalue weighted by Crippen LogP contribution is 2.33. The zero-order chi connectivity index (χ0) is 18.4. The molecule has 0 saturated heterocycles. The maximum Gasteiger partial charge on any atom is 0.328 e. The fraction of sp³-hybridized carbons (Fsp3) is 0. The Morgan fingerprint density at radius 2 is 1.30 bits per heavy atom. The van der Waals surface area contributed by atoms with Crippen molar-refractivity contribution in [1.82, 2.24) is 9.97 Å². The minimum absolute atomic E-state index is 0.746. The van der Waals surface area contributed by atoms with E-state index in [4.69, 9.17) is 15.1 Å². The van der Waals surface area contributed by atoms with Crippen molar-refractivity contribution in [1.29, 1.82) is 0 Å². The highest BCUT2D eigenvalue weighted by atomic mass is 16.4. The lowest BCUT2D eigenvalue weighted by molar-refractivity contribution is -0.131. The molecule has 5 rings (SSSR count). The van der Waals surface area contributed by atoms with Gasteiger partial charge in [0.25, 0.3) is 0 Å². The molecule has 0 atom stereocenters. The summed E-state index contributed by atoms with van der Waals surface area (Å²) >= 11 is 0. The molecular weight excluding hydrogens is 336 g/mol. The van der Waals surface area contributed by atoms with E-state index in [1.165, 1.54) is 0 Å². The minimum atomic E-state index is -0.975. The average Bonchev–Trinajstić information content (AvgIpc) is 2.71. The standard InChI is InChI=1S/C23H14N2O2/c26-21(27)12-10-14-9-11-19-20(13-14)25-23-18-8-4-2-6-16(18)15-5-1-3-7-17(15)22(23)24-19/h1-13H,(H,26,27)/b12-10+. The topological polar surface area (TPSA) is 63.1 Å². The molecule has 0 radical (unpaired) electrons. The van der Waals surface area contributed by atoms with E-state index in [1.54, 1.807) is 6.08 Å². The highest BCUT2D eigenvalue weighted by Gasteiger charge is 2.11. The van der Waals surface area contributed by atoms with Crippen LogP contribution in [0.25, 0.3) is 49.7 Å². The van der Waals surface area contributed by atoms with E-state index in [0.717, 1.165) is 55.3 Å². The van der Waals surface area contributed by atoms with E-state index >= 15 is 0 Å². The van der Waals surface area contributed by atoms with E-state index in [0.29, 0.717) is 0 Å². The van der Waals surface area contributed by atoms with Crippen molar-refractivity contribution in [3.63, 3.8) is 0 Å². The molecule has 1 aromatic heterocycles. The monoisotopic (exact) mass is 350 g/mol. The van der Waals surface area contributed by atoms with Crippen molar-refractivity contribution >= 4 is 55.7 Å². The van der Waals surface area contributed by atoms with Gasteiger partial charge in [0.2, 0.25) is 0 Å². The fourth-order valence-corrected chi connectivity index (χ4v) is 3.57. The summed E-state index contributed by atoms with van der Waals surface area (Å²) in [4.78, 5) is 20.6. The first-order valence-electron chi connectivity index (χ1n) is 8.63. The molecule has 0 spiro atoms. The number of fused-ring (bicyclic) bond motifs is 7. The van der Waals surface area contributed by atoms with Crippen LogP contribution >= 0.6 is 0 Å². The minimum Gasteiger partial charge on any atom is -0.478 e. The lowest BCUT2D eigenvalue weighted by Crippen LogP contribution is -1.92. The quantitative estimate of drug-likeness (QED) is 0.270. The van der Waals surface area contributed by atoms with Crippen LogP contribution in [0.2, 0.25) is 0 Å². The molecule has 0 fully saturated rings. The van der Waals surface area contributed by atoms with Crippen LogP contribution < -0.4 is 0 Å². The van der Waals surface area contributed by atoms with Gasteiger partial charge in [-0.25, -0.2) is 14.8 Å². The van der Waals surface area contributed by atoms with Crippen molar-refractivity contribution in [2.24, 2.45) is 0 Å². The third-order valence-corrected chi connectivity index (χ3v) is 4.76. The molecule has 4 aromatic carbocycles. The lowest BCUT2D eigenvalue weighted by Gasteiger charge is -2.10. The Labute approximate surface area is 154 Å². The molecule has 5 aromatic rings. The van der Waals surface area contributed by atoms with Gasteiger partial charge < -0.3 is 5.11 Å². The summed E-state index contributed by atoms with van der Waals surface area (Å²) in [7, 11) is 0. The predicted octanol–water partition coefficient (Wildman–Crippen LogP) is 5.19. The predicted molar refractivity (Wildman–Crippen MR) is 109 cm³/mol. The normalized spacial score (nSPS) is 11.9. The Hall–Kier alpha value is -3.79. The summed E-state index contributed by atoms with van der Waals surface area (Å²) in [6, 6.07) is 22.1. The molecule has 1 heterocycles. The molecule has 4 heteroatoms. The number of aliphatic carboxylic acids is 1. The first-order chi connectivity index (χ1) is 13.2. The molecule has 0 bridgehead atoms. The Morgan fingerprint density at radius 1 is 0.741 bits per heavy atom. The maximum atomic E-state index is 10.8. The summed E-state index contributed by atoms with van der Waals surface area (Å²) in [6.45, 7) is 0. The van der Waals surface area contributed by atoms with Gasteiger partial charge in [-0.2, -0.15) is 0 Å². The van der Waals surface area contributed by atoms with Gasteiger partial charge in [0, 0.05) is 16.8 Å². The molecule has 0 unspecified atom stereocenters. The summed E-state index contributed by atoms with van der Waals surface area (Å²) in [5, 5.41) is 13.3. The Balaban J connectivity index is 1.91. The molecule has 0 aliphatic heterocycles. The van der Waals surface area contributed by atoms with Gasteiger partial charge in [-0.05, 0) is 34.5 Å². The fourth-order valence-electron chi connectivity index (χ4n) is 3.57. The van der Waals surface area contributed by atoms with Gasteiger partial charge in [-0.3, -0.25) is 0 Å². The Morgan fingerprint density at radius 3 is 1.89 bits per heavy atom. The van der Waals surface area contributed by atoms with Gasteiger partial charge in [-0.1, -0.05) is 54.6 Å². The van der Waals surface area contributed by atoms with Crippen molar-refractivity contribution in [3.8, 4) is 0 Å². The zero-order valence-electron chi connectivity index (χ0n) is 14.3. The number of carboxylic acid groups (broad SMARTS) is 1. The van der Waals surface area contributed by atoms with Crippen LogP contribution in [0.1, 0.15) is 5.56 Å². The van der Waals surface area contributed by atoms with Crippen molar-refractivity contribution in [3.05, 3.63) is 78.4 Å². The third-order valence-electron chi connectivity index (χ3n) is 4.76. The number of rotatable bonds is 2. The van der Waals surface area contributed by atoms with E-state index < -0.39 is 5.97 Å². The average molecular weight is 350 g/mol. The second-order valence-electron chi connectivity index (χ2n) is 6.43. The number of aromatic nitrogens is 2. The van der Waals surface area contributed by atoms with Crippen LogP contribution in [-0.2, 0) is 4.79 Å². The first-order valence-corrected chi connectivity index (χ1v) is 8.63. The summed E-state index contributed by atoms with van der Waals surface area (Å²) in [5.74, 6) is -0.975. The Bertz CT molecular complexity index is 1400. The van der Waals surface area contributed by atoms with E-state index in [2.05, 4.69) is 24.3 Å². The van der Waals surface area contributed by atoms with E-state index in [9.17, 15) is 4.79 Å². The van der Waals surface area contributed by atoms with Crippen molar-refractivity contribution in [2.75, 3.05) is 0 Å². The van der Waals surface area contributed by atoms with Crippen LogP contribution in [0.3, 0.4) is 0 Å². The van der Waals surface area contributed by atoms with Crippen LogP contribution in [-0.4, -0.2) is 21.0 Å². The number of benzene rings is 4. The molecule has 1 N–H and O–H groups in total. The second kappa shape index (κ2) is 5.88. The van der Waals surface area contributed by atoms with E-state index in [1.807, 2.05) is 42.5 Å². The van der Waals surface area contributed by atoms with Gasteiger partial charge in [0.1, 0.15) is 0 Å². The van der Waals surface area contributed by atoms with Crippen molar-refractivity contribution < 1.29 is 9.90 Å².